The fourth-order valence-corrected chi connectivity index (χ4v) is 1.97. The molecular formula is C7H12N4OS. The lowest BCUT2D eigenvalue weighted by molar-refractivity contribution is 0.0631. The quantitative estimate of drug-likeness (QED) is 0.659. The molecule has 0 amide bonds. The fourth-order valence-electron chi connectivity index (χ4n) is 1.48. The summed E-state index contributed by atoms with van der Waals surface area (Å²) >= 11 is 1.58. The van der Waals surface area contributed by atoms with Crippen LogP contribution in [-0.2, 0) is 4.74 Å². The Balaban J connectivity index is 2.13. The molecule has 13 heavy (non-hydrogen) atoms. The van der Waals surface area contributed by atoms with E-state index in [2.05, 4.69) is 15.5 Å². The zero-order valence-corrected chi connectivity index (χ0v) is 8.33. The fraction of sp³-hybridized carbons (Fsp3) is 0.857. The topological polar surface area (TPSA) is 52.8 Å². The van der Waals surface area contributed by atoms with Gasteiger partial charge >= 0.3 is 0 Å². The summed E-state index contributed by atoms with van der Waals surface area (Å²) in [7, 11) is 0. The Morgan fingerprint density at radius 3 is 2.92 bits per heavy atom. The van der Waals surface area contributed by atoms with Crippen molar-refractivity contribution in [1.29, 1.82) is 0 Å². The largest absolute Gasteiger partial charge is 0.381 e. The maximum Gasteiger partial charge on any atom is 0.209 e. The summed E-state index contributed by atoms with van der Waals surface area (Å²) < 4.78 is 7.19. The average molecular weight is 200 g/mol. The van der Waals surface area contributed by atoms with Crippen molar-refractivity contribution in [1.82, 2.24) is 20.2 Å². The Labute approximate surface area is 80.8 Å². The van der Waals surface area contributed by atoms with Gasteiger partial charge in [-0.15, -0.1) is 5.10 Å². The van der Waals surface area contributed by atoms with Crippen molar-refractivity contribution in [3.05, 3.63) is 0 Å². The van der Waals surface area contributed by atoms with Crippen LogP contribution in [-0.4, -0.2) is 39.7 Å². The summed E-state index contributed by atoms with van der Waals surface area (Å²) in [4.78, 5) is 0. The van der Waals surface area contributed by atoms with Gasteiger partial charge in [0.25, 0.3) is 0 Å². The zero-order chi connectivity index (χ0) is 9.10. The monoisotopic (exact) mass is 200 g/mol. The van der Waals surface area contributed by atoms with Crippen LogP contribution in [0, 0.1) is 0 Å². The van der Waals surface area contributed by atoms with E-state index in [1.54, 1.807) is 11.8 Å². The van der Waals surface area contributed by atoms with Crippen LogP contribution in [0.15, 0.2) is 5.16 Å². The maximum absolute atomic E-state index is 5.28. The minimum atomic E-state index is 0.422. The Hall–Kier alpha value is -0.620. The molecule has 1 aromatic rings. The molecule has 0 saturated carbocycles. The summed E-state index contributed by atoms with van der Waals surface area (Å²) in [5.74, 6) is 0. The van der Waals surface area contributed by atoms with Crippen LogP contribution in [0.2, 0.25) is 0 Å². The summed E-state index contributed by atoms with van der Waals surface area (Å²) in [5, 5.41) is 12.5. The van der Waals surface area contributed by atoms with Gasteiger partial charge in [-0.1, -0.05) is 11.8 Å². The molecule has 6 heteroatoms. The lowest BCUT2D eigenvalue weighted by Crippen LogP contribution is -2.21. The van der Waals surface area contributed by atoms with Gasteiger partial charge in [0.2, 0.25) is 5.16 Å². The second-order valence-corrected chi connectivity index (χ2v) is 3.73. The summed E-state index contributed by atoms with van der Waals surface area (Å²) in [6.45, 7) is 1.64. The van der Waals surface area contributed by atoms with Gasteiger partial charge in [-0.3, -0.25) is 0 Å². The second-order valence-electron chi connectivity index (χ2n) is 2.95. The first kappa shape index (κ1) is 8.96. The molecule has 0 bridgehead atoms. The molecule has 2 rings (SSSR count). The van der Waals surface area contributed by atoms with Crippen LogP contribution >= 0.6 is 11.8 Å². The maximum atomic E-state index is 5.28. The van der Waals surface area contributed by atoms with Crippen molar-refractivity contribution in [2.75, 3.05) is 19.5 Å². The first-order valence-electron chi connectivity index (χ1n) is 4.31. The first-order chi connectivity index (χ1) is 6.42. The molecule has 0 radical (unpaired) electrons. The van der Waals surface area contributed by atoms with Gasteiger partial charge in [-0.05, 0) is 29.5 Å². The Bertz CT molecular complexity index is 271. The molecule has 1 fully saturated rings. The summed E-state index contributed by atoms with van der Waals surface area (Å²) in [6, 6.07) is 0.422. The lowest BCUT2D eigenvalue weighted by atomic mass is 10.1. The molecular weight excluding hydrogens is 188 g/mol. The van der Waals surface area contributed by atoms with Crippen LogP contribution < -0.4 is 0 Å². The number of aromatic nitrogens is 4. The first-order valence-corrected chi connectivity index (χ1v) is 5.54. The summed E-state index contributed by atoms with van der Waals surface area (Å²) in [6.07, 6.45) is 4.01. The molecule has 0 N–H and O–H groups in total. The summed E-state index contributed by atoms with van der Waals surface area (Å²) in [5.41, 5.74) is 0. The second kappa shape index (κ2) is 4.06. The van der Waals surface area contributed by atoms with E-state index in [1.165, 1.54) is 0 Å². The highest BCUT2D eigenvalue weighted by Crippen LogP contribution is 2.23. The molecule has 5 nitrogen and oxygen atoms in total. The van der Waals surface area contributed by atoms with Gasteiger partial charge in [0.1, 0.15) is 0 Å². The molecule has 0 atom stereocenters. The molecule has 0 unspecified atom stereocenters. The number of nitrogens with zero attached hydrogens (tertiary/aromatic N) is 4. The van der Waals surface area contributed by atoms with Crippen molar-refractivity contribution in [2.45, 2.75) is 24.0 Å². The number of hydrogen-bond donors (Lipinski definition) is 0. The van der Waals surface area contributed by atoms with E-state index < -0.39 is 0 Å². The van der Waals surface area contributed by atoms with E-state index in [1.807, 2.05) is 10.9 Å². The van der Waals surface area contributed by atoms with Crippen molar-refractivity contribution in [3.63, 3.8) is 0 Å². The Morgan fingerprint density at radius 1 is 1.46 bits per heavy atom. The molecule has 1 aliphatic rings. The van der Waals surface area contributed by atoms with Gasteiger partial charge in [-0.2, -0.15) is 0 Å². The lowest BCUT2D eigenvalue weighted by Gasteiger charge is -2.22. The van der Waals surface area contributed by atoms with E-state index >= 15 is 0 Å². The van der Waals surface area contributed by atoms with Crippen molar-refractivity contribution >= 4 is 11.8 Å². The van der Waals surface area contributed by atoms with Crippen LogP contribution in [0.5, 0.6) is 0 Å². The molecule has 0 aromatic carbocycles. The molecule has 0 spiro atoms. The standard InChI is InChI=1S/C7H12N4OS/c1-13-7-8-9-10-11(7)6-2-4-12-5-3-6/h6H,2-5H2,1H3. The molecule has 1 saturated heterocycles. The highest BCUT2D eigenvalue weighted by molar-refractivity contribution is 7.98. The number of ether oxygens (including phenoxy) is 1. The minimum absolute atomic E-state index is 0.422. The number of tetrazole rings is 1. The SMILES string of the molecule is CSc1nnnn1C1CCOCC1. The normalized spacial score (nSPS) is 19.2. The van der Waals surface area contributed by atoms with E-state index in [4.69, 9.17) is 4.74 Å². The number of rotatable bonds is 2. The van der Waals surface area contributed by atoms with Gasteiger partial charge in [0.15, 0.2) is 0 Å². The van der Waals surface area contributed by atoms with Gasteiger partial charge < -0.3 is 4.74 Å². The van der Waals surface area contributed by atoms with Crippen LogP contribution in [0.3, 0.4) is 0 Å². The van der Waals surface area contributed by atoms with E-state index in [9.17, 15) is 0 Å². The van der Waals surface area contributed by atoms with E-state index in [-0.39, 0.29) is 0 Å². The van der Waals surface area contributed by atoms with Gasteiger partial charge in [-0.25, -0.2) is 4.68 Å². The average Bonchev–Trinajstić information content (AvgIpc) is 2.67. The van der Waals surface area contributed by atoms with E-state index in [0.717, 1.165) is 31.2 Å². The zero-order valence-electron chi connectivity index (χ0n) is 7.51. The smallest absolute Gasteiger partial charge is 0.209 e. The molecule has 1 aromatic heterocycles. The van der Waals surface area contributed by atoms with Crippen LogP contribution in [0.4, 0.5) is 0 Å². The highest BCUT2D eigenvalue weighted by Gasteiger charge is 2.19. The molecule has 2 heterocycles. The third kappa shape index (κ3) is 1.83. The number of hydrogen-bond acceptors (Lipinski definition) is 5. The van der Waals surface area contributed by atoms with E-state index in [0.29, 0.717) is 6.04 Å². The van der Waals surface area contributed by atoms with Crippen molar-refractivity contribution < 1.29 is 4.74 Å². The Kier molecular flexibility index (Phi) is 2.80. The van der Waals surface area contributed by atoms with Crippen molar-refractivity contribution in [3.8, 4) is 0 Å². The van der Waals surface area contributed by atoms with Crippen LogP contribution in [0.1, 0.15) is 18.9 Å². The predicted octanol–water partition coefficient (Wildman–Crippen LogP) is 0.746. The molecule has 0 aliphatic carbocycles. The molecule has 1 aliphatic heterocycles. The predicted molar refractivity (Wildman–Crippen MR) is 48.7 cm³/mol. The molecule has 72 valence electrons. The van der Waals surface area contributed by atoms with Gasteiger partial charge in [0.05, 0.1) is 6.04 Å². The van der Waals surface area contributed by atoms with Gasteiger partial charge in [0, 0.05) is 13.2 Å². The Morgan fingerprint density at radius 2 is 2.23 bits per heavy atom. The van der Waals surface area contributed by atoms with Crippen LogP contribution in [0.25, 0.3) is 0 Å². The third-order valence-electron chi connectivity index (χ3n) is 2.18. The number of thioether (sulfide) groups is 1. The minimum Gasteiger partial charge on any atom is -0.381 e. The van der Waals surface area contributed by atoms with Crippen molar-refractivity contribution in [2.24, 2.45) is 0 Å². The third-order valence-corrected chi connectivity index (χ3v) is 2.82. The highest BCUT2D eigenvalue weighted by atomic mass is 32.2.